The summed E-state index contributed by atoms with van der Waals surface area (Å²) >= 11 is 0. The Kier molecular flexibility index (Phi) is 5.11. The highest BCUT2D eigenvalue weighted by atomic mass is 19.4. The number of amides is 2. The molecule has 1 aromatic carbocycles. The molecule has 2 heterocycles. The van der Waals surface area contributed by atoms with Crippen LogP contribution in [0.5, 0.6) is 0 Å². The predicted molar refractivity (Wildman–Crippen MR) is 92.9 cm³/mol. The van der Waals surface area contributed by atoms with E-state index in [1.165, 1.54) is 0 Å². The lowest BCUT2D eigenvalue weighted by atomic mass is 10.1. The molecule has 0 aliphatic carbocycles. The van der Waals surface area contributed by atoms with Gasteiger partial charge in [-0.1, -0.05) is 18.2 Å². The summed E-state index contributed by atoms with van der Waals surface area (Å²) in [6, 6.07) is 9.46. The molecule has 0 unspecified atom stereocenters. The largest absolute Gasteiger partial charge is 0.433 e. The summed E-state index contributed by atoms with van der Waals surface area (Å²) in [5.74, 6) is -1.86. The Bertz CT molecular complexity index is 965. The summed E-state index contributed by atoms with van der Waals surface area (Å²) in [5, 5.41) is 5.72. The summed E-state index contributed by atoms with van der Waals surface area (Å²) in [5.41, 5.74) is 0.896. The van der Waals surface area contributed by atoms with E-state index < -0.39 is 23.7 Å². The second kappa shape index (κ2) is 7.48. The molecule has 3 aromatic rings. The van der Waals surface area contributed by atoms with Crippen molar-refractivity contribution in [2.75, 3.05) is 11.9 Å². The van der Waals surface area contributed by atoms with Crippen molar-refractivity contribution in [3.05, 3.63) is 60.0 Å². The van der Waals surface area contributed by atoms with Gasteiger partial charge in [-0.25, -0.2) is 4.98 Å². The molecule has 3 rings (SSSR count). The number of para-hydroxylation sites is 1. The number of pyridine rings is 1. The fourth-order valence-electron chi connectivity index (χ4n) is 2.55. The summed E-state index contributed by atoms with van der Waals surface area (Å²) in [4.78, 5) is 30.0. The first-order chi connectivity index (χ1) is 12.8. The minimum Gasteiger partial charge on any atom is -0.361 e. The third-order valence-corrected chi connectivity index (χ3v) is 3.87. The highest BCUT2D eigenvalue weighted by molar-refractivity contribution is 6.39. The molecule has 0 saturated heterocycles. The van der Waals surface area contributed by atoms with Crippen LogP contribution in [0.15, 0.2) is 48.8 Å². The normalized spacial score (nSPS) is 11.4. The molecular formula is C18H15F3N4O2. The van der Waals surface area contributed by atoms with E-state index in [2.05, 4.69) is 20.6 Å². The molecule has 0 fully saturated rings. The smallest absolute Gasteiger partial charge is 0.361 e. The number of nitrogens with zero attached hydrogens (tertiary/aromatic N) is 1. The van der Waals surface area contributed by atoms with Gasteiger partial charge in [0.1, 0.15) is 5.69 Å². The average molecular weight is 376 g/mol. The number of anilines is 1. The van der Waals surface area contributed by atoms with E-state index in [-0.39, 0.29) is 12.2 Å². The fraction of sp³-hybridized carbons (Fsp3) is 0.167. The second-order valence-corrected chi connectivity index (χ2v) is 5.75. The lowest BCUT2D eigenvalue weighted by Gasteiger charge is -2.08. The number of halogens is 3. The molecule has 0 spiro atoms. The number of alkyl halides is 3. The monoisotopic (exact) mass is 376 g/mol. The molecule has 0 radical (unpaired) electrons. The number of aromatic amines is 1. The van der Waals surface area contributed by atoms with Crippen molar-refractivity contribution >= 4 is 28.4 Å². The Morgan fingerprint density at radius 2 is 1.85 bits per heavy atom. The van der Waals surface area contributed by atoms with Crippen LogP contribution < -0.4 is 10.6 Å². The van der Waals surface area contributed by atoms with Crippen LogP contribution in [-0.4, -0.2) is 28.3 Å². The van der Waals surface area contributed by atoms with Gasteiger partial charge < -0.3 is 15.6 Å². The van der Waals surface area contributed by atoms with Gasteiger partial charge in [0.15, 0.2) is 0 Å². The molecule has 0 aliphatic rings. The molecule has 0 saturated carbocycles. The van der Waals surface area contributed by atoms with Gasteiger partial charge in [-0.2, -0.15) is 13.2 Å². The zero-order valence-electron chi connectivity index (χ0n) is 13.9. The minimum absolute atomic E-state index is 0.000205. The lowest BCUT2D eigenvalue weighted by Crippen LogP contribution is -2.36. The van der Waals surface area contributed by atoms with Crippen molar-refractivity contribution < 1.29 is 22.8 Å². The van der Waals surface area contributed by atoms with Crippen molar-refractivity contribution in [2.24, 2.45) is 0 Å². The zero-order chi connectivity index (χ0) is 19.4. The van der Waals surface area contributed by atoms with Crippen LogP contribution in [0.2, 0.25) is 0 Å². The molecular weight excluding hydrogens is 361 g/mol. The number of rotatable bonds is 4. The Morgan fingerprint density at radius 1 is 1.07 bits per heavy atom. The van der Waals surface area contributed by atoms with Crippen LogP contribution in [0.25, 0.3) is 10.9 Å². The summed E-state index contributed by atoms with van der Waals surface area (Å²) in [7, 11) is 0. The standard InChI is InChI=1S/C18H15F3N4O2/c19-18(20,21)15-6-5-12(10-24-15)25-17(27)16(26)22-8-7-11-9-23-14-4-2-1-3-13(11)14/h1-6,9-10,23H,7-8H2,(H,22,26)(H,25,27). The Morgan fingerprint density at radius 3 is 2.56 bits per heavy atom. The topological polar surface area (TPSA) is 86.9 Å². The van der Waals surface area contributed by atoms with Gasteiger partial charge >= 0.3 is 18.0 Å². The van der Waals surface area contributed by atoms with E-state index >= 15 is 0 Å². The Labute approximate surface area is 151 Å². The summed E-state index contributed by atoms with van der Waals surface area (Å²) in [6.07, 6.45) is -1.36. The molecule has 140 valence electrons. The van der Waals surface area contributed by atoms with Crippen molar-refractivity contribution in [3.8, 4) is 0 Å². The molecule has 9 heteroatoms. The fourth-order valence-corrected chi connectivity index (χ4v) is 2.55. The first-order valence-electron chi connectivity index (χ1n) is 8.02. The number of fused-ring (bicyclic) bond motifs is 1. The Hall–Kier alpha value is -3.36. The average Bonchev–Trinajstić information content (AvgIpc) is 3.04. The number of aromatic nitrogens is 2. The highest BCUT2D eigenvalue weighted by Gasteiger charge is 2.32. The molecule has 2 aromatic heterocycles. The van der Waals surface area contributed by atoms with Gasteiger partial charge in [0.2, 0.25) is 0 Å². The Balaban J connectivity index is 1.51. The third kappa shape index (κ3) is 4.43. The van der Waals surface area contributed by atoms with Crippen LogP contribution in [-0.2, 0) is 22.2 Å². The second-order valence-electron chi connectivity index (χ2n) is 5.75. The first-order valence-corrected chi connectivity index (χ1v) is 8.02. The minimum atomic E-state index is -4.57. The molecule has 3 N–H and O–H groups in total. The molecule has 27 heavy (non-hydrogen) atoms. The van der Waals surface area contributed by atoms with Gasteiger partial charge in [0.05, 0.1) is 11.9 Å². The van der Waals surface area contributed by atoms with E-state index in [4.69, 9.17) is 0 Å². The number of hydrogen-bond acceptors (Lipinski definition) is 3. The third-order valence-electron chi connectivity index (χ3n) is 3.87. The van der Waals surface area contributed by atoms with Gasteiger partial charge in [0, 0.05) is 23.6 Å². The van der Waals surface area contributed by atoms with Crippen molar-refractivity contribution in [3.63, 3.8) is 0 Å². The number of carbonyl (C=O) groups is 2. The highest BCUT2D eigenvalue weighted by Crippen LogP contribution is 2.27. The molecule has 0 atom stereocenters. The van der Waals surface area contributed by atoms with Gasteiger partial charge in [-0.15, -0.1) is 0 Å². The van der Waals surface area contributed by atoms with Crippen LogP contribution >= 0.6 is 0 Å². The van der Waals surface area contributed by atoms with E-state index in [9.17, 15) is 22.8 Å². The number of H-pyrrole nitrogens is 1. The summed E-state index contributed by atoms with van der Waals surface area (Å²) < 4.78 is 37.3. The molecule has 0 aliphatic heterocycles. The van der Waals surface area contributed by atoms with Crippen molar-refractivity contribution in [2.45, 2.75) is 12.6 Å². The van der Waals surface area contributed by atoms with Gasteiger partial charge in [-0.3, -0.25) is 9.59 Å². The van der Waals surface area contributed by atoms with Crippen LogP contribution in [0.1, 0.15) is 11.3 Å². The van der Waals surface area contributed by atoms with Crippen LogP contribution in [0, 0.1) is 0 Å². The van der Waals surface area contributed by atoms with E-state index in [0.717, 1.165) is 34.8 Å². The van der Waals surface area contributed by atoms with E-state index in [1.54, 1.807) is 0 Å². The quantitative estimate of drug-likeness (QED) is 0.612. The maximum atomic E-state index is 12.4. The number of nitrogens with one attached hydrogen (secondary N) is 3. The number of benzene rings is 1. The van der Waals surface area contributed by atoms with Crippen LogP contribution in [0.3, 0.4) is 0 Å². The van der Waals surface area contributed by atoms with Crippen molar-refractivity contribution in [1.29, 1.82) is 0 Å². The molecule has 0 bridgehead atoms. The number of carbonyl (C=O) groups excluding carboxylic acids is 2. The molecule has 2 amide bonds. The predicted octanol–water partition coefficient (Wildman–Crippen LogP) is 2.88. The van der Waals surface area contributed by atoms with Crippen molar-refractivity contribution in [1.82, 2.24) is 15.3 Å². The zero-order valence-corrected chi connectivity index (χ0v) is 13.9. The maximum Gasteiger partial charge on any atom is 0.433 e. The van der Waals surface area contributed by atoms with E-state index in [1.807, 2.05) is 30.5 Å². The SMILES string of the molecule is O=C(NCCc1c[nH]c2ccccc12)C(=O)Nc1ccc(C(F)(F)F)nc1. The molecule has 6 nitrogen and oxygen atoms in total. The van der Waals surface area contributed by atoms with Gasteiger partial charge in [0.25, 0.3) is 0 Å². The van der Waals surface area contributed by atoms with Gasteiger partial charge in [-0.05, 0) is 30.2 Å². The maximum absolute atomic E-state index is 12.4. The lowest BCUT2D eigenvalue weighted by molar-refractivity contribution is -0.141. The number of hydrogen-bond donors (Lipinski definition) is 3. The summed E-state index contributed by atoms with van der Waals surface area (Å²) in [6.45, 7) is 0.235. The first kappa shape index (κ1) is 18.4. The van der Waals surface area contributed by atoms with Crippen LogP contribution in [0.4, 0.5) is 18.9 Å². The van der Waals surface area contributed by atoms with E-state index in [0.29, 0.717) is 6.42 Å².